The monoisotopic (exact) mass is 328 g/mol. The number of carbonyl (C=O) groups is 1. The number of H-pyrrole nitrogens is 1. The summed E-state index contributed by atoms with van der Waals surface area (Å²) in [5.74, 6) is 0.123. The second-order valence-corrected chi connectivity index (χ2v) is 6.84. The van der Waals surface area contributed by atoms with Crippen LogP contribution in [0.15, 0.2) is 48.0 Å². The van der Waals surface area contributed by atoms with Gasteiger partial charge in [-0.1, -0.05) is 35.9 Å². The average Bonchev–Trinajstić information content (AvgIpc) is 3.16. The predicted molar refractivity (Wildman–Crippen MR) is 101 cm³/mol. The maximum atomic E-state index is 12.6. The number of hydrogen-bond acceptors (Lipinski definition) is 2. The van der Waals surface area contributed by atoms with E-state index in [0.717, 1.165) is 33.7 Å². The number of aryl methyl sites for hydroxylation is 3. The third kappa shape index (κ3) is 2.82. The summed E-state index contributed by atoms with van der Waals surface area (Å²) in [6.45, 7) is 6.26. The number of nitrogens with zero attached hydrogens (tertiary/aromatic N) is 1. The fourth-order valence-electron chi connectivity index (χ4n) is 3.31. The molecule has 4 rings (SSSR count). The van der Waals surface area contributed by atoms with E-state index in [4.69, 9.17) is 0 Å². The van der Waals surface area contributed by atoms with Crippen LogP contribution in [0.2, 0.25) is 0 Å². The molecule has 1 aliphatic rings. The minimum Gasteiger partial charge on any atom is -0.289 e. The molecule has 0 atom stereocenters. The number of aromatic amines is 1. The number of rotatable bonds is 2. The van der Waals surface area contributed by atoms with Gasteiger partial charge in [-0.15, -0.1) is 0 Å². The van der Waals surface area contributed by atoms with Crippen molar-refractivity contribution in [3.8, 4) is 11.3 Å². The van der Waals surface area contributed by atoms with Crippen LogP contribution in [0.5, 0.6) is 0 Å². The normalized spacial score (nSPS) is 15.0. The molecule has 0 spiro atoms. The van der Waals surface area contributed by atoms with Crippen molar-refractivity contribution in [2.45, 2.75) is 27.2 Å². The minimum absolute atomic E-state index is 0.123. The molecule has 25 heavy (non-hydrogen) atoms. The van der Waals surface area contributed by atoms with Crippen molar-refractivity contribution in [2.75, 3.05) is 0 Å². The van der Waals surface area contributed by atoms with E-state index in [1.54, 1.807) is 0 Å². The zero-order valence-corrected chi connectivity index (χ0v) is 14.7. The SMILES string of the molecule is Cc1ccc2c(c1)C/C(=C\c1cc(-c3ccc(C)c(C)c3)n[nH]1)C2=O. The third-order valence-corrected chi connectivity index (χ3v) is 4.91. The molecule has 124 valence electrons. The van der Waals surface area contributed by atoms with Crippen molar-refractivity contribution in [1.29, 1.82) is 0 Å². The molecule has 3 heteroatoms. The number of fused-ring (bicyclic) bond motifs is 1. The highest BCUT2D eigenvalue weighted by Gasteiger charge is 2.24. The lowest BCUT2D eigenvalue weighted by Gasteiger charge is -2.01. The van der Waals surface area contributed by atoms with Crippen molar-refractivity contribution in [1.82, 2.24) is 10.2 Å². The fraction of sp³-hybridized carbons (Fsp3) is 0.182. The van der Waals surface area contributed by atoms with Gasteiger partial charge in [-0.3, -0.25) is 9.89 Å². The highest BCUT2D eigenvalue weighted by molar-refractivity contribution is 6.15. The van der Waals surface area contributed by atoms with Crippen molar-refractivity contribution < 1.29 is 4.79 Å². The van der Waals surface area contributed by atoms with Gasteiger partial charge in [-0.2, -0.15) is 5.10 Å². The van der Waals surface area contributed by atoms with Gasteiger partial charge < -0.3 is 0 Å². The van der Waals surface area contributed by atoms with Gasteiger partial charge in [0.2, 0.25) is 0 Å². The number of carbonyl (C=O) groups excluding carboxylic acids is 1. The number of Topliss-reactive ketones (excluding diaryl/α,β-unsaturated/α-hetero) is 1. The summed E-state index contributed by atoms with van der Waals surface area (Å²) >= 11 is 0. The van der Waals surface area contributed by atoms with E-state index in [1.807, 2.05) is 24.3 Å². The van der Waals surface area contributed by atoms with Crippen LogP contribution in [0.3, 0.4) is 0 Å². The lowest BCUT2D eigenvalue weighted by Crippen LogP contribution is -1.95. The second kappa shape index (κ2) is 5.85. The van der Waals surface area contributed by atoms with E-state index in [1.165, 1.54) is 16.7 Å². The molecule has 0 saturated heterocycles. The molecule has 1 heterocycles. The van der Waals surface area contributed by atoms with Gasteiger partial charge in [0, 0.05) is 23.1 Å². The van der Waals surface area contributed by atoms with Gasteiger partial charge in [-0.25, -0.2) is 0 Å². The van der Waals surface area contributed by atoms with Crippen LogP contribution in [-0.4, -0.2) is 16.0 Å². The lowest BCUT2D eigenvalue weighted by atomic mass is 10.0. The minimum atomic E-state index is 0.123. The van der Waals surface area contributed by atoms with Crippen LogP contribution >= 0.6 is 0 Å². The molecule has 3 aromatic rings. The first-order valence-corrected chi connectivity index (χ1v) is 8.49. The first-order chi connectivity index (χ1) is 12.0. The largest absolute Gasteiger partial charge is 0.289 e. The van der Waals surface area contributed by atoms with Crippen LogP contribution in [0, 0.1) is 20.8 Å². The van der Waals surface area contributed by atoms with E-state index in [2.05, 4.69) is 55.2 Å². The first-order valence-electron chi connectivity index (χ1n) is 8.49. The maximum absolute atomic E-state index is 12.6. The Labute approximate surface area is 147 Å². The number of allylic oxidation sites excluding steroid dienone is 1. The molecule has 1 N–H and O–H groups in total. The Bertz CT molecular complexity index is 1020. The van der Waals surface area contributed by atoms with Crippen LogP contribution in [-0.2, 0) is 6.42 Å². The molecule has 0 bridgehead atoms. The third-order valence-electron chi connectivity index (χ3n) is 4.91. The second-order valence-electron chi connectivity index (χ2n) is 6.84. The van der Waals surface area contributed by atoms with Crippen LogP contribution in [0.1, 0.15) is 38.3 Å². The van der Waals surface area contributed by atoms with Crippen LogP contribution < -0.4 is 0 Å². The Hall–Kier alpha value is -2.94. The Kier molecular flexibility index (Phi) is 3.65. The summed E-state index contributed by atoms with van der Waals surface area (Å²) < 4.78 is 0. The van der Waals surface area contributed by atoms with Gasteiger partial charge in [-0.05, 0) is 55.7 Å². The molecule has 0 unspecified atom stereocenters. The number of benzene rings is 2. The van der Waals surface area contributed by atoms with E-state index in [9.17, 15) is 4.79 Å². The maximum Gasteiger partial charge on any atom is 0.189 e. The van der Waals surface area contributed by atoms with Gasteiger partial charge in [0.25, 0.3) is 0 Å². The number of aromatic nitrogens is 2. The Morgan fingerprint density at radius 2 is 1.84 bits per heavy atom. The zero-order chi connectivity index (χ0) is 17.6. The van der Waals surface area contributed by atoms with Crippen molar-refractivity contribution in [2.24, 2.45) is 0 Å². The van der Waals surface area contributed by atoms with Gasteiger partial charge in [0.15, 0.2) is 5.78 Å². The molecule has 0 radical (unpaired) electrons. The predicted octanol–water partition coefficient (Wildman–Crippen LogP) is 4.82. The van der Waals surface area contributed by atoms with Crippen LogP contribution in [0.4, 0.5) is 0 Å². The van der Waals surface area contributed by atoms with Gasteiger partial charge in [0.05, 0.1) is 11.4 Å². The summed E-state index contributed by atoms with van der Waals surface area (Å²) in [6.07, 6.45) is 2.61. The quantitative estimate of drug-likeness (QED) is 0.685. The average molecular weight is 328 g/mol. The summed E-state index contributed by atoms with van der Waals surface area (Å²) in [4.78, 5) is 12.6. The van der Waals surface area contributed by atoms with E-state index in [0.29, 0.717) is 6.42 Å². The van der Waals surface area contributed by atoms with E-state index >= 15 is 0 Å². The molecule has 1 aromatic heterocycles. The van der Waals surface area contributed by atoms with Crippen molar-refractivity contribution in [3.63, 3.8) is 0 Å². The van der Waals surface area contributed by atoms with E-state index in [-0.39, 0.29) is 5.78 Å². The molecular formula is C22H20N2O. The summed E-state index contributed by atoms with van der Waals surface area (Å²) in [5.41, 5.74) is 9.30. The van der Waals surface area contributed by atoms with E-state index < -0.39 is 0 Å². The Balaban J connectivity index is 1.64. The molecule has 3 nitrogen and oxygen atoms in total. The number of ketones is 1. The van der Waals surface area contributed by atoms with Crippen LogP contribution in [0.25, 0.3) is 17.3 Å². The molecule has 0 aliphatic heterocycles. The fourth-order valence-corrected chi connectivity index (χ4v) is 3.31. The number of nitrogens with one attached hydrogen (secondary N) is 1. The molecular weight excluding hydrogens is 308 g/mol. The molecule has 0 amide bonds. The highest BCUT2D eigenvalue weighted by atomic mass is 16.1. The molecule has 2 aromatic carbocycles. The summed E-state index contributed by atoms with van der Waals surface area (Å²) in [7, 11) is 0. The summed E-state index contributed by atoms with van der Waals surface area (Å²) in [6, 6.07) is 14.3. The van der Waals surface area contributed by atoms with Gasteiger partial charge >= 0.3 is 0 Å². The Morgan fingerprint density at radius 1 is 1.00 bits per heavy atom. The first kappa shape index (κ1) is 15.6. The molecule has 0 fully saturated rings. The summed E-state index contributed by atoms with van der Waals surface area (Å²) in [5, 5.41) is 7.45. The smallest absolute Gasteiger partial charge is 0.189 e. The zero-order valence-electron chi connectivity index (χ0n) is 14.7. The lowest BCUT2D eigenvalue weighted by molar-refractivity contribution is 0.104. The standard InChI is InChI=1S/C22H20N2O/c1-13-4-7-20-17(8-13)10-18(22(20)25)11-19-12-21(24-23-19)16-6-5-14(2)15(3)9-16/h4-9,11-12H,10H2,1-3H3,(H,23,24)/b18-11+. The van der Waals surface area contributed by atoms with Crippen molar-refractivity contribution in [3.05, 3.63) is 81.5 Å². The topological polar surface area (TPSA) is 45.8 Å². The highest BCUT2D eigenvalue weighted by Crippen LogP contribution is 2.29. The molecule has 1 aliphatic carbocycles. The number of hydrogen-bond donors (Lipinski definition) is 1. The van der Waals surface area contributed by atoms with Crippen molar-refractivity contribution >= 4 is 11.9 Å². The Morgan fingerprint density at radius 3 is 2.64 bits per heavy atom. The van der Waals surface area contributed by atoms with Gasteiger partial charge in [0.1, 0.15) is 0 Å². The molecule has 0 saturated carbocycles.